The number of nitrogens with one attached hydrogen (secondary N) is 1. The van der Waals surface area contributed by atoms with E-state index >= 15 is 0 Å². The second kappa shape index (κ2) is 5.27. The van der Waals surface area contributed by atoms with Crippen molar-refractivity contribution in [3.63, 3.8) is 0 Å². The molecule has 0 saturated heterocycles. The zero-order valence-electron chi connectivity index (χ0n) is 10.9. The van der Waals surface area contributed by atoms with E-state index in [1.165, 1.54) is 11.3 Å². The van der Waals surface area contributed by atoms with Gasteiger partial charge in [-0.25, -0.2) is 9.97 Å². The Morgan fingerprint density at radius 2 is 2.21 bits per heavy atom. The number of nitrogens with zero attached hydrogens (tertiary/aromatic N) is 2. The summed E-state index contributed by atoms with van der Waals surface area (Å²) in [5.41, 5.74) is 4.71. The zero-order valence-corrected chi connectivity index (χ0v) is 11.7. The SMILES string of the molecule is Cc1nc(Cc2cccc(Cl)c2)nc2c1CNCC2. The molecular formula is C15H16ClN3. The Balaban J connectivity index is 1.91. The number of aryl methyl sites for hydroxylation is 1. The molecule has 98 valence electrons. The first-order valence-electron chi connectivity index (χ1n) is 6.53. The summed E-state index contributed by atoms with van der Waals surface area (Å²) in [4.78, 5) is 9.32. The molecule has 2 aromatic rings. The Labute approximate surface area is 118 Å². The average molecular weight is 274 g/mol. The quantitative estimate of drug-likeness (QED) is 0.914. The lowest BCUT2D eigenvalue weighted by Crippen LogP contribution is -2.26. The van der Waals surface area contributed by atoms with Crippen molar-refractivity contribution in [3.8, 4) is 0 Å². The minimum Gasteiger partial charge on any atom is -0.312 e. The van der Waals surface area contributed by atoms with Crippen LogP contribution in [0.15, 0.2) is 24.3 Å². The van der Waals surface area contributed by atoms with Crippen molar-refractivity contribution in [2.24, 2.45) is 0 Å². The van der Waals surface area contributed by atoms with Gasteiger partial charge in [0.05, 0.1) is 5.69 Å². The van der Waals surface area contributed by atoms with Crippen LogP contribution in [0.2, 0.25) is 5.02 Å². The Morgan fingerprint density at radius 3 is 3.05 bits per heavy atom. The smallest absolute Gasteiger partial charge is 0.133 e. The minimum atomic E-state index is 0.738. The molecule has 1 aromatic carbocycles. The molecule has 0 spiro atoms. The second-order valence-electron chi connectivity index (χ2n) is 4.88. The van der Waals surface area contributed by atoms with Gasteiger partial charge in [0.25, 0.3) is 0 Å². The van der Waals surface area contributed by atoms with Gasteiger partial charge in [-0.15, -0.1) is 0 Å². The van der Waals surface area contributed by atoms with Gasteiger partial charge in [-0.05, 0) is 24.6 Å². The molecule has 1 aliphatic heterocycles. The molecule has 1 aliphatic rings. The van der Waals surface area contributed by atoms with Gasteiger partial charge < -0.3 is 5.32 Å². The molecule has 0 aliphatic carbocycles. The number of benzene rings is 1. The van der Waals surface area contributed by atoms with Crippen molar-refractivity contribution in [1.82, 2.24) is 15.3 Å². The third-order valence-corrected chi connectivity index (χ3v) is 3.67. The van der Waals surface area contributed by atoms with E-state index in [1.807, 2.05) is 18.2 Å². The van der Waals surface area contributed by atoms with Gasteiger partial charge in [0.15, 0.2) is 0 Å². The number of fused-ring (bicyclic) bond motifs is 1. The molecular weight excluding hydrogens is 258 g/mol. The van der Waals surface area contributed by atoms with Gasteiger partial charge in [0, 0.05) is 42.2 Å². The standard InChI is InChI=1S/C15H16ClN3/c1-10-13-9-17-6-5-14(13)19-15(18-10)8-11-3-2-4-12(16)7-11/h2-4,7,17H,5-6,8-9H2,1H3. The van der Waals surface area contributed by atoms with Crippen LogP contribution in [0.5, 0.6) is 0 Å². The van der Waals surface area contributed by atoms with Crippen LogP contribution in [0.25, 0.3) is 0 Å². The monoisotopic (exact) mass is 273 g/mol. The maximum Gasteiger partial charge on any atom is 0.133 e. The summed E-state index contributed by atoms with van der Waals surface area (Å²) in [6, 6.07) is 7.88. The number of aromatic nitrogens is 2. The normalized spacial score (nSPS) is 14.2. The van der Waals surface area contributed by atoms with Crippen LogP contribution in [-0.4, -0.2) is 16.5 Å². The molecule has 3 rings (SSSR count). The van der Waals surface area contributed by atoms with E-state index < -0.39 is 0 Å². The fourth-order valence-electron chi connectivity index (χ4n) is 2.48. The topological polar surface area (TPSA) is 37.8 Å². The number of rotatable bonds is 2. The Hall–Kier alpha value is -1.45. The Morgan fingerprint density at radius 1 is 1.32 bits per heavy atom. The molecule has 0 amide bonds. The maximum absolute atomic E-state index is 6.01. The molecule has 0 atom stereocenters. The van der Waals surface area contributed by atoms with Crippen molar-refractivity contribution in [1.29, 1.82) is 0 Å². The predicted octanol–water partition coefficient (Wildman–Crippen LogP) is 2.67. The summed E-state index contributed by atoms with van der Waals surface area (Å²) < 4.78 is 0. The lowest BCUT2D eigenvalue weighted by Gasteiger charge is -2.18. The molecule has 0 unspecified atom stereocenters. The van der Waals surface area contributed by atoms with Crippen LogP contribution < -0.4 is 5.32 Å². The summed E-state index contributed by atoms with van der Waals surface area (Å²) in [6.45, 7) is 3.95. The summed E-state index contributed by atoms with van der Waals surface area (Å²) >= 11 is 6.01. The van der Waals surface area contributed by atoms with Crippen molar-refractivity contribution < 1.29 is 0 Å². The lowest BCUT2D eigenvalue weighted by molar-refractivity contribution is 0.615. The van der Waals surface area contributed by atoms with Crippen LogP contribution in [0.3, 0.4) is 0 Å². The largest absolute Gasteiger partial charge is 0.312 e. The van der Waals surface area contributed by atoms with Gasteiger partial charge >= 0.3 is 0 Å². The molecule has 1 aromatic heterocycles. The second-order valence-corrected chi connectivity index (χ2v) is 5.32. The van der Waals surface area contributed by atoms with Crippen molar-refractivity contribution >= 4 is 11.6 Å². The van der Waals surface area contributed by atoms with E-state index in [4.69, 9.17) is 16.6 Å². The van der Waals surface area contributed by atoms with Crippen molar-refractivity contribution in [3.05, 3.63) is 57.6 Å². The van der Waals surface area contributed by atoms with Crippen molar-refractivity contribution in [2.45, 2.75) is 26.3 Å². The highest BCUT2D eigenvalue weighted by Crippen LogP contribution is 2.17. The van der Waals surface area contributed by atoms with E-state index in [2.05, 4.69) is 23.3 Å². The van der Waals surface area contributed by atoms with Gasteiger partial charge in [0.1, 0.15) is 5.82 Å². The van der Waals surface area contributed by atoms with Crippen LogP contribution in [0, 0.1) is 6.92 Å². The third kappa shape index (κ3) is 2.77. The van der Waals surface area contributed by atoms with Crippen molar-refractivity contribution in [2.75, 3.05) is 6.54 Å². The molecule has 4 heteroatoms. The van der Waals surface area contributed by atoms with Gasteiger partial charge in [-0.2, -0.15) is 0 Å². The molecule has 1 N–H and O–H groups in total. The first-order chi connectivity index (χ1) is 9.22. The Kier molecular flexibility index (Phi) is 3.49. The predicted molar refractivity (Wildman–Crippen MR) is 76.4 cm³/mol. The third-order valence-electron chi connectivity index (χ3n) is 3.44. The summed E-state index contributed by atoms with van der Waals surface area (Å²) in [5.74, 6) is 0.889. The van der Waals surface area contributed by atoms with Gasteiger partial charge in [0.2, 0.25) is 0 Å². The van der Waals surface area contributed by atoms with E-state index in [9.17, 15) is 0 Å². The van der Waals surface area contributed by atoms with Crippen LogP contribution in [0.4, 0.5) is 0 Å². The molecule has 2 heterocycles. The minimum absolute atomic E-state index is 0.738. The maximum atomic E-state index is 6.01. The van der Waals surface area contributed by atoms with Gasteiger partial charge in [-0.3, -0.25) is 0 Å². The molecule has 0 fully saturated rings. The fourth-order valence-corrected chi connectivity index (χ4v) is 2.70. The lowest BCUT2D eigenvalue weighted by atomic mass is 10.1. The van der Waals surface area contributed by atoms with E-state index in [0.717, 1.165) is 48.0 Å². The first kappa shape index (κ1) is 12.6. The molecule has 0 bridgehead atoms. The molecule has 0 saturated carbocycles. The van der Waals surface area contributed by atoms with E-state index in [1.54, 1.807) is 0 Å². The Bertz CT molecular complexity index is 610. The molecule has 19 heavy (non-hydrogen) atoms. The average Bonchev–Trinajstić information content (AvgIpc) is 2.39. The van der Waals surface area contributed by atoms with Crippen LogP contribution in [0.1, 0.15) is 28.3 Å². The number of halogens is 1. The highest BCUT2D eigenvalue weighted by molar-refractivity contribution is 6.30. The zero-order chi connectivity index (χ0) is 13.2. The highest BCUT2D eigenvalue weighted by atomic mass is 35.5. The summed E-state index contributed by atoms with van der Waals surface area (Å²) in [6.07, 6.45) is 1.73. The fraction of sp³-hybridized carbons (Fsp3) is 0.333. The van der Waals surface area contributed by atoms with Gasteiger partial charge in [-0.1, -0.05) is 23.7 Å². The summed E-state index contributed by atoms with van der Waals surface area (Å²) in [5, 5.41) is 4.12. The van der Waals surface area contributed by atoms with E-state index in [0.29, 0.717) is 0 Å². The molecule has 0 radical (unpaired) electrons. The number of hydrogen-bond acceptors (Lipinski definition) is 3. The van der Waals surface area contributed by atoms with Crippen LogP contribution >= 0.6 is 11.6 Å². The first-order valence-corrected chi connectivity index (χ1v) is 6.90. The summed E-state index contributed by atoms with van der Waals surface area (Å²) in [7, 11) is 0. The highest BCUT2D eigenvalue weighted by Gasteiger charge is 2.15. The number of hydrogen-bond donors (Lipinski definition) is 1. The molecule has 3 nitrogen and oxygen atoms in total. The van der Waals surface area contributed by atoms with E-state index in [-0.39, 0.29) is 0 Å². The van der Waals surface area contributed by atoms with Crippen LogP contribution in [-0.2, 0) is 19.4 Å².